The van der Waals surface area contributed by atoms with E-state index in [4.69, 9.17) is 4.74 Å². The Balaban J connectivity index is 1.95. The number of nitrogens with one attached hydrogen (secondary N) is 1. The standard InChI is InChI=1S/C17H16BrFN2O2/c1-11(13-6-8-15(19)9-7-13)20-21-17(22)12(2)23-16-5-3-4-14(18)10-16/h3-10,12H,1-2H3,(H,21,22)/b20-11-/t12-/m0/s1. The number of nitrogens with zero attached hydrogens (tertiary/aromatic N) is 1. The molecule has 0 bridgehead atoms. The fraction of sp³-hybridized carbons (Fsp3) is 0.176. The summed E-state index contributed by atoms with van der Waals surface area (Å²) in [6.07, 6.45) is -0.700. The van der Waals surface area contributed by atoms with Gasteiger partial charge in [-0.05, 0) is 49.7 Å². The molecule has 0 saturated carbocycles. The van der Waals surface area contributed by atoms with Crippen LogP contribution in [0.1, 0.15) is 19.4 Å². The summed E-state index contributed by atoms with van der Waals surface area (Å²) in [5.41, 5.74) is 3.75. The highest BCUT2D eigenvalue weighted by Crippen LogP contribution is 2.18. The van der Waals surface area contributed by atoms with Gasteiger partial charge in [0.1, 0.15) is 11.6 Å². The van der Waals surface area contributed by atoms with Crippen molar-refractivity contribution in [3.63, 3.8) is 0 Å². The topological polar surface area (TPSA) is 50.7 Å². The number of amides is 1. The lowest BCUT2D eigenvalue weighted by molar-refractivity contribution is -0.127. The van der Waals surface area contributed by atoms with E-state index in [0.717, 1.165) is 10.0 Å². The lowest BCUT2D eigenvalue weighted by atomic mass is 10.1. The largest absolute Gasteiger partial charge is 0.481 e. The van der Waals surface area contributed by atoms with Gasteiger partial charge in [-0.1, -0.05) is 34.1 Å². The van der Waals surface area contributed by atoms with E-state index in [0.29, 0.717) is 11.5 Å². The molecule has 0 heterocycles. The van der Waals surface area contributed by atoms with E-state index in [1.807, 2.05) is 12.1 Å². The Morgan fingerprint density at radius 1 is 1.26 bits per heavy atom. The lowest BCUT2D eigenvalue weighted by Gasteiger charge is -2.13. The summed E-state index contributed by atoms with van der Waals surface area (Å²) in [4.78, 5) is 12.0. The minimum atomic E-state index is -0.700. The van der Waals surface area contributed by atoms with Gasteiger partial charge in [-0.2, -0.15) is 5.10 Å². The van der Waals surface area contributed by atoms with Crippen LogP contribution in [-0.2, 0) is 4.79 Å². The molecular formula is C17H16BrFN2O2. The van der Waals surface area contributed by atoms with Gasteiger partial charge in [0.2, 0.25) is 0 Å². The third-order valence-corrected chi connectivity index (χ3v) is 3.57. The molecular weight excluding hydrogens is 363 g/mol. The van der Waals surface area contributed by atoms with Crippen LogP contribution in [0.5, 0.6) is 5.75 Å². The molecule has 2 rings (SSSR count). The second-order valence-corrected chi connectivity index (χ2v) is 5.81. The molecule has 1 N–H and O–H groups in total. The van der Waals surface area contributed by atoms with E-state index in [2.05, 4.69) is 26.5 Å². The van der Waals surface area contributed by atoms with Crippen molar-refractivity contribution in [3.8, 4) is 5.75 Å². The Kier molecular flexibility index (Phi) is 5.87. The average molecular weight is 379 g/mol. The van der Waals surface area contributed by atoms with Crippen LogP contribution in [0.4, 0.5) is 4.39 Å². The minimum Gasteiger partial charge on any atom is -0.481 e. The van der Waals surface area contributed by atoms with E-state index >= 15 is 0 Å². The molecule has 2 aromatic rings. The molecule has 4 nitrogen and oxygen atoms in total. The van der Waals surface area contributed by atoms with Crippen LogP contribution in [-0.4, -0.2) is 17.7 Å². The van der Waals surface area contributed by atoms with E-state index in [1.54, 1.807) is 38.1 Å². The molecule has 120 valence electrons. The number of carbonyl (C=O) groups excluding carboxylic acids is 1. The summed E-state index contributed by atoms with van der Waals surface area (Å²) >= 11 is 3.34. The Morgan fingerprint density at radius 2 is 1.96 bits per heavy atom. The van der Waals surface area contributed by atoms with E-state index in [-0.39, 0.29) is 11.7 Å². The van der Waals surface area contributed by atoms with Crippen LogP contribution in [0.3, 0.4) is 0 Å². The number of hydrazone groups is 1. The van der Waals surface area contributed by atoms with Gasteiger partial charge in [0, 0.05) is 4.47 Å². The van der Waals surface area contributed by atoms with Crippen LogP contribution in [0.25, 0.3) is 0 Å². The van der Waals surface area contributed by atoms with E-state index in [9.17, 15) is 9.18 Å². The molecule has 0 aromatic heterocycles. The quantitative estimate of drug-likeness (QED) is 0.633. The zero-order valence-electron chi connectivity index (χ0n) is 12.7. The second-order valence-electron chi connectivity index (χ2n) is 4.90. The summed E-state index contributed by atoms with van der Waals surface area (Å²) in [5.74, 6) is -0.102. The first-order valence-corrected chi connectivity index (χ1v) is 7.77. The summed E-state index contributed by atoms with van der Waals surface area (Å²) in [5, 5.41) is 4.01. The fourth-order valence-corrected chi connectivity index (χ4v) is 2.16. The van der Waals surface area contributed by atoms with Crippen LogP contribution in [0.2, 0.25) is 0 Å². The summed E-state index contributed by atoms with van der Waals surface area (Å²) in [6, 6.07) is 13.1. The summed E-state index contributed by atoms with van der Waals surface area (Å²) < 4.78 is 19.3. The SMILES string of the molecule is C/C(=N/NC(=O)[C@H](C)Oc1cccc(Br)c1)c1ccc(F)cc1. The van der Waals surface area contributed by atoms with Crippen molar-refractivity contribution in [2.75, 3.05) is 0 Å². The number of benzene rings is 2. The van der Waals surface area contributed by atoms with Crippen LogP contribution < -0.4 is 10.2 Å². The summed E-state index contributed by atoms with van der Waals surface area (Å²) in [6.45, 7) is 3.37. The average Bonchev–Trinajstić information content (AvgIpc) is 2.53. The zero-order chi connectivity index (χ0) is 16.8. The molecule has 0 aliphatic heterocycles. The smallest absolute Gasteiger partial charge is 0.280 e. The molecule has 23 heavy (non-hydrogen) atoms. The van der Waals surface area contributed by atoms with Crippen LogP contribution in [0, 0.1) is 5.82 Å². The molecule has 0 spiro atoms. The molecule has 0 unspecified atom stereocenters. The van der Waals surface area contributed by atoms with Gasteiger partial charge in [0.25, 0.3) is 5.91 Å². The van der Waals surface area contributed by atoms with Gasteiger partial charge < -0.3 is 4.74 Å². The number of hydrogen-bond donors (Lipinski definition) is 1. The van der Waals surface area contributed by atoms with Crippen molar-refractivity contribution < 1.29 is 13.9 Å². The normalized spacial score (nSPS) is 12.6. The predicted molar refractivity (Wildman–Crippen MR) is 91.0 cm³/mol. The molecule has 6 heteroatoms. The Labute approximate surface area is 142 Å². The molecule has 0 aliphatic rings. The van der Waals surface area contributed by atoms with Gasteiger partial charge in [-0.3, -0.25) is 4.79 Å². The van der Waals surface area contributed by atoms with Gasteiger partial charge in [-0.25, -0.2) is 9.82 Å². The van der Waals surface area contributed by atoms with Crippen molar-refractivity contribution in [2.24, 2.45) is 5.10 Å². The van der Waals surface area contributed by atoms with Gasteiger partial charge >= 0.3 is 0 Å². The fourth-order valence-electron chi connectivity index (χ4n) is 1.78. The number of halogens is 2. The first-order valence-electron chi connectivity index (χ1n) is 6.98. The highest BCUT2D eigenvalue weighted by Gasteiger charge is 2.14. The molecule has 0 aliphatic carbocycles. The Bertz CT molecular complexity index is 717. The molecule has 0 radical (unpaired) electrons. The third-order valence-electron chi connectivity index (χ3n) is 3.07. The highest BCUT2D eigenvalue weighted by molar-refractivity contribution is 9.10. The van der Waals surface area contributed by atoms with Crippen molar-refractivity contribution in [1.82, 2.24) is 5.43 Å². The molecule has 1 atom stereocenters. The van der Waals surface area contributed by atoms with Crippen molar-refractivity contribution in [2.45, 2.75) is 20.0 Å². The van der Waals surface area contributed by atoms with Gasteiger partial charge in [0.15, 0.2) is 6.10 Å². The van der Waals surface area contributed by atoms with E-state index in [1.165, 1.54) is 12.1 Å². The minimum absolute atomic E-state index is 0.318. The third kappa shape index (κ3) is 5.17. The number of ether oxygens (including phenoxy) is 1. The van der Waals surface area contributed by atoms with E-state index < -0.39 is 6.10 Å². The number of rotatable bonds is 5. The maximum absolute atomic E-state index is 12.9. The summed E-state index contributed by atoms with van der Waals surface area (Å²) in [7, 11) is 0. The van der Waals surface area contributed by atoms with Crippen molar-refractivity contribution in [1.29, 1.82) is 0 Å². The molecule has 1 amide bonds. The number of hydrogen-bond acceptors (Lipinski definition) is 3. The maximum Gasteiger partial charge on any atom is 0.280 e. The van der Waals surface area contributed by atoms with Gasteiger partial charge in [-0.15, -0.1) is 0 Å². The predicted octanol–water partition coefficient (Wildman–Crippen LogP) is 3.90. The van der Waals surface area contributed by atoms with Crippen LogP contribution in [0.15, 0.2) is 58.1 Å². The zero-order valence-corrected chi connectivity index (χ0v) is 14.3. The monoisotopic (exact) mass is 378 g/mol. The molecule has 2 aromatic carbocycles. The Hall–Kier alpha value is -2.21. The number of carbonyl (C=O) groups is 1. The second kappa shape index (κ2) is 7.87. The maximum atomic E-state index is 12.9. The Morgan fingerprint density at radius 3 is 2.61 bits per heavy atom. The van der Waals surface area contributed by atoms with Crippen LogP contribution >= 0.6 is 15.9 Å². The van der Waals surface area contributed by atoms with Crippen molar-refractivity contribution in [3.05, 3.63) is 64.4 Å². The van der Waals surface area contributed by atoms with Crippen molar-refractivity contribution >= 4 is 27.5 Å². The lowest BCUT2D eigenvalue weighted by Crippen LogP contribution is -2.33. The van der Waals surface area contributed by atoms with Gasteiger partial charge in [0.05, 0.1) is 5.71 Å². The highest BCUT2D eigenvalue weighted by atomic mass is 79.9. The first-order chi connectivity index (χ1) is 11.0. The molecule has 0 fully saturated rings. The molecule has 0 saturated heterocycles. The first kappa shape index (κ1) is 17.1.